The first kappa shape index (κ1) is 15.0. The molecule has 0 aromatic heterocycles. The molecular weight excluding hydrogens is 251 g/mol. The van der Waals surface area contributed by atoms with E-state index in [0.29, 0.717) is 12.1 Å². The maximum Gasteiger partial charge on any atom is 0.230 e. The Morgan fingerprint density at radius 1 is 1.44 bits per heavy atom. The van der Waals surface area contributed by atoms with E-state index in [0.717, 1.165) is 0 Å². The van der Waals surface area contributed by atoms with Crippen molar-refractivity contribution in [2.24, 2.45) is 5.73 Å². The van der Waals surface area contributed by atoms with Gasteiger partial charge < -0.3 is 11.1 Å². The van der Waals surface area contributed by atoms with Crippen LogP contribution in [0.5, 0.6) is 0 Å². The summed E-state index contributed by atoms with van der Waals surface area (Å²) in [5, 5.41) is 2.60. The number of nitrogens with one attached hydrogen (secondary N) is 1. The first-order valence-electron chi connectivity index (χ1n) is 5.90. The summed E-state index contributed by atoms with van der Waals surface area (Å²) in [5.74, 6) is -0.0384. The van der Waals surface area contributed by atoms with Gasteiger partial charge in [-0.15, -0.1) is 11.8 Å². The summed E-state index contributed by atoms with van der Waals surface area (Å²) >= 11 is 1.36. The van der Waals surface area contributed by atoms with Crippen molar-refractivity contribution in [1.82, 2.24) is 5.32 Å². The van der Waals surface area contributed by atoms with Crippen molar-refractivity contribution in [3.05, 3.63) is 35.6 Å². The highest BCUT2D eigenvalue weighted by atomic mass is 32.2. The van der Waals surface area contributed by atoms with Crippen LogP contribution in [0, 0.1) is 5.82 Å². The molecule has 5 heteroatoms. The molecule has 1 rings (SSSR count). The molecular formula is C13H19FN2OS. The lowest BCUT2D eigenvalue weighted by Gasteiger charge is -2.16. The first-order valence-corrected chi connectivity index (χ1v) is 6.95. The van der Waals surface area contributed by atoms with Crippen molar-refractivity contribution in [1.29, 1.82) is 0 Å². The molecule has 3 nitrogen and oxygen atoms in total. The number of thioether (sulfide) groups is 1. The highest BCUT2D eigenvalue weighted by molar-refractivity contribution is 8.00. The molecule has 0 fully saturated rings. The number of benzene rings is 1. The van der Waals surface area contributed by atoms with Gasteiger partial charge in [0.05, 0.1) is 5.75 Å². The molecule has 0 aliphatic heterocycles. The van der Waals surface area contributed by atoms with Crippen molar-refractivity contribution in [2.75, 3.05) is 12.3 Å². The Hall–Kier alpha value is -1.07. The quantitative estimate of drug-likeness (QED) is 0.832. The summed E-state index contributed by atoms with van der Waals surface area (Å²) in [5.41, 5.74) is 6.20. The predicted octanol–water partition coefficient (Wildman–Crippen LogP) is 2.08. The molecule has 0 bridgehead atoms. The van der Waals surface area contributed by atoms with Crippen molar-refractivity contribution in [3.63, 3.8) is 0 Å². The zero-order chi connectivity index (χ0) is 13.5. The summed E-state index contributed by atoms with van der Waals surface area (Å²) < 4.78 is 13.6. The van der Waals surface area contributed by atoms with E-state index in [1.807, 2.05) is 13.8 Å². The molecule has 3 N–H and O–H groups in total. The Kier molecular flexibility index (Phi) is 6.15. The van der Waals surface area contributed by atoms with Gasteiger partial charge in [0.1, 0.15) is 5.82 Å². The van der Waals surface area contributed by atoms with Crippen molar-refractivity contribution in [3.8, 4) is 0 Å². The molecule has 1 aromatic rings. The van der Waals surface area contributed by atoms with Crippen LogP contribution < -0.4 is 11.1 Å². The molecule has 0 saturated carbocycles. The summed E-state index contributed by atoms with van der Waals surface area (Å²) in [6.45, 7) is 4.11. The van der Waals surface area contributed by atoms with E-state index in [1.54, 1.807) is 18.2 Å². The Labute approximate surface area is 111 Å². The van der Waals surface area contributed by atoms with Crippen molar-refractivity contribution < 1.29 is 9.18 Å². The van der Waals surface area contributed by atoms with Crippen LogP contribution in [0.15, 0.2) is 24.3 Å². The van der Waals surface area contributed by atoms with Crippen LogP contribution in [0.25, 0.3) is 0 Å². The maximum atomic E-state index is 13.6. The van der Waals surface area contributed by atoms with Crippen molar-refractivity contribution in [2.45, 2.75) is 25.1 Å². The van der Waals surface area contributed by atoms with E-state index in [9.17, 15) is 9.18 Å². The number of carbonyl (C=O) groups excluding carboxylic acids is 1. The summed E-state index contributed by atoms with van der Waals surface area (Å²) in [6, 6.07) is 6.65. The molecule has 1 amide bonds. The second-order valence-corrected chi connectivity index (χ2v) is 5.47. The minimum absolute atomic E-state index is 0.0511. The van der Waals surface area contributed by atoms with Crippen LogP contribution in [0.2, 0.25) is 0 Å². The highest BCUT2D eigenvalue weighted by Crippen LogP contribution is 2.29. The van der Waals surface area contributed by atoms with E-state index < -0.39 is 0 Å². The molecule has 0 spiro atoms. The van der Waals surface area contributed by atoms with Gasteiger partial charge in [-0.2, -0.15) is 0 Å². The monoisotopic (exact) mass is 270 g/mol. The summed E-state index contributed by atoms with van der Waals surface area (Å²) in [6.07, 6.45) is 0. The van der Waals surface area contributed by atoms with Crippen molar-refractivity contribution >= 4 is 17.7 Å². The summed E-state index contributed by atoms with van der Waals surface area (Å²) in [7, 11) is 0. The molecule has 0 saturated heterocycles. The van der Waals surface area contributed by atoms with E-state index in [4.69, 9.17) is 5.73 Å². The molecule has 0 aliphatic rings. The molecule has 0 heterocycles. The molecule has 100 valence electrons. The third-order valence-corrected chi connectivity index (χ3v) is 3.61. The van der Waals surface area contributed by atoms with Crippen LogP contribution in [-0.4, -0.2) is 24.2 Å². The zero-order valence-corrected chi connectivity index (χ0v) is 11.5. The van der Waals surface area contributed by atoms with Crippen LogP contribution in [0.4, 0.5) is 4.39 Å². The van der Waals surface area contributed by atoms with Crippen LogP contribution in [-0.2, 0) is 4.79 Å². The molecule has 1 unspecified atom stereocenters. The maximum absolute atomic E-state index is 13.6. The van der Waals surface area contributed by atoms with Gasteiger partial charge in [0.15, 0.2) is 0 Å². The lowest BCUT2D eigenvalue weighted by atomic mass is 10.1. The zero-order valence-electron chi connectivity index (χ0n) is 10.7. The topological polar surface area (TPSA) is 55.1 Å². The van der Waals surface area contributed by atoms with Gasteiger partial charge >= 0.3 is 0 Å². The van der Waals surface area contributed by atoms with E-state index in [-0.39, 0.29) is 28.8 Å². The predicted molar refractivity (Wildman–Crippen MR) is 73.9 cm³/mol. The molecule has 18 heavy (non-hydrogen) atoms. The van der Waals surface area contributed by atoms with Gasteiger partial charge in [0.2, 0.25) is 5.91 Å². The van der Waals surface area contributed by atoms with Gasteiger partial charge in [-0.25, -0.2) is 4.39 Å². The number of hydrogen-bond acceptors (Lipinski definition) is 3. The first-order chi connectivity index (χ1) is 8.54. The molecule has 1 aromatic carbocycles. The number of hydrogen-bond donors (Lipinski definition) is 2. The van der Waals surface area contributed by atoms with Crippen LogP contribution in [0.3, 0.4) is 0 Å². The second-order valence-electron chi connectivity index (χ2n) is 4.28. The Bertz CT molecular complexity index is 398. The van der Waals surface area contributed by atoms with Crippen LogP contribution >= 0.6 is 11.8 Å². The fourth-order valence-corrected chi connectivity index (χ4v) is 2.50. The van der Waals surface area contributed by atoms with E-state index in [2.05, 4.69) is 5.32 Å². The summed E-state index contributed by atoms with van der Waals surface area (Å²) in [4.78, 5) is 11.5. The van der Waals surface area contributed by atoms with Gasteiger partial charge in [0, 0.05) is 23.4 Å². The fraction of sp³-hybridized carbons (Fsp3) is 0.462. The molecule has 0 aliphatic carbocycles. The van der Waals surface area contributed by atoms with Gasteiger partial charge in [-0.3, -0.25) is 4.79 Å². The number of rotatable bonds is 6. The lowest BCUT2D eigenvalue weighted by Crippen LogP contribution is -2.32. The smallest absolute Gasteiger partial charge is 0.230 e. The average molecular weight is 270 g/mol. The fourth-order valence-electron chi connectivity index (χ4n) is 1.56. The number of carbonyl (C=O) groups is 1. The standard InChI is InChI=1S/C13H19FN2OS/c1-9(2)16-13(17)8-18-12(7-15)10-5-3-4-6-11(10)14/h3-6,9,12H,7-8,15H2,1-2H3,(H,16,17). The third kappa shape index (κ3) is 4.66. The van der Waals surface area contributed by atoms with Gasteiger partial charge in [-0.1, -0.05) is 18.2 Å². The number of halogens is 1. The minimum atomic E-state index is -0.273. The average Bonchev–Trinajstić information content (AvgIpc) is 2.31. The lowest BCUT2D eigenvalue weighted by molar-refractivity contribution is -0.119. The molecule has 0 radical (unpaired) electrons. The molecule has 1 atom stereocenters. The Morgan fingerprint density at radius 3 is 2.67 bits per heavy atom. The van der Waals surface area contributed by atoms with E-state index in [1.165, 1.54) is 17.8 Å². The normalized spacial score (nSPS) is 12.5. The van der Waals surface area contributed by atoms with Gasteiger partial charge in [-0.05, 0) is 19.9 Å². The number of nitrogens with two attached hydrogens (primary N) is 1. The second kappa shape index (κ2) is 7.38. The number of amides is 1. The largest absolute Gasteiger partial charge is 0.353 e. The van der Waals surface area contributed by atoms with Gasteiger partial charge in [0.25, 0.3) is 0 Å². The Morgan fingerprint density at radius 2 is 2.11 bits per heavy atom. The third-order valence-electron chi connectivity index (χ3n) is 2.33. The Balaban J connectivity index is 2.58. The van der Waals surface area contributed by atoms with Crippen LogP contribution in [0.1, 0.15) is 24.7 Å². The minimum Gasteiger partial charge on any atom is -0.353 e. The highest BCUT2D eigenvalue weighted by Gasteiger charge is 2.16. The SMILES string of the molecule is CC(C)NC(=O)CSC(CN)c1ccccc1F. The van der Waals surface area contributed by atoms with E-state index >= 15 is 0 Å².